The average molecular weight is 378 g/mol. The predicted octanol–water partition coefficient (Wildman–Crippen LogP) is 4.53. The molecule has 1 heterocycles. The molecule has 2 aliphatic rings. The molecule has 0 amide bonds. The topological polar surface area (TPSA) is 76.0 Å². The van der Waals surface area contributed by atoms with Crippen molar-refractivity contribution in [3.05, 3.63) is 87.6 Å². The highest BCUT2D eigenvalue weighted by Gasteiger charge is 2.39. The molecular weight excluding hydrogens is 356 g/mol. The molecule has 1 aliphatic carbocycles. The van der Waals surface area contributed by atoms with Crippen LogP contribution in [-0.2, 0) is 22.3 Å². The smallest absolute Gasteiger partial charge is 0.343 e. The van der Waals surface area contributed by atoms with Crippen molar-refractivity contribution in [3.63, 3.8) is 0 Å². The van der Waals surface area contributed by atoms with Gasteiger partial charge in [0.15, 0.2) is 5.76 Å². The molecule has 0 spiro atoms. The number of methoxy groups -OCH3 is 1. The standard InChI is InChI=1S/C23H22O5/c1-3-13-8-9-15-16-12-20(27-2)21(25)18(11-14-6-4-5-7-19(14)24)22(16)28-23(26)17(15)10-13/h4-10,16,24-25H,3,11-12H2,1-2H3. The number of esters is 1. The third-order valence-electron chi connectivity index (χ3n) is 5.48. The van der Waals surface area contributed by atoms with Crippen LogP contribution < -0.4 is 0 Å². The number of aliphatic hydroxyl groups is 1. The van der Waals surface area contributed by atoms with Gasteiger partial charge in [-0.1, -0.05) is 37.3 Å². The molecule has 0 bridgehead atoms. The lowest BCUT2D eigenvalue weighted by atomic mass is 9.80. The maximum Gasteiger partial charge on any atom is 0.343 e. The molecule has 0 saturated carbocycles. The second kappa shape index (κ2) is 7.08. The van der Waals surface area contributed by atoms with Gasteiger partial charge in [-0.15, -0.1) is 0 Å². The van der Waals surface area contributed by atoms with Gasteiger partial charge in [0.25, 0.3) is 0 Å². The number of phenols is 1. The largest absolute Gasteiger partial charge is 0.508 e. The monoisotopic (exact) mass is 378 g/mol. The Balaban J connectivity index is 1.86. The molecule has 5 heteroatoms. The van der Waals surface area contributed by atoms with Gasteiger partial charge in [-0.25, -0.2) is 4.79 Å². The number of aliphatic hydroxyl groups excluding tert-OH is 1. The van der Waals surface area contributed by atoms with E-state index < -0.39 is 5.97 Å². The molecular formula is C23H22O5. The van der Waals surface area contributed by atoms with Crippen molar-refractivity contribution in [2.24, 2.45) is 0 Å². The van der Waals surface area contributed by atoms with Crippen LogP contribution in [0.4, 0.5) is 0 Å². The number of carbonyl (C=O) groups excluding carboxylic acids is 1. The van der Waals surface area contributed by atoms with E-state index in [1.807, 2.05) is 31.2 Å². The van der Waals surface area contributed by atoms with Gasteiger partial charge in [0.1, 0.15) is 17.3 Å². The number of phenolic OH excluding ortho intramolecular Hbond substituents is 1. The van der Waals surface area contributed by atoms with Crippen LogP contribution in [0.25, 0.3) is 0 Å². The van der Waals surface area contributed by atoms with Crippen LogP contribution in [0, 0.1) is 0 Å². The number of aryl methyl sites for hydroxylation is 1. The Hall–Kier alpha value is -3.21. The van der Waals surface area contributed by atoms with Crippen molar-refractivity contribution in [1.82, 2.24) is 0 Å². The highest BCUT2D eigenvalue weighted by Crippen LogP contribution is 2.46. The van der Waals surface area contributed by atoms with Gasteiger partial charge in [0.2, 0.25) is 0 Å². The van der Waals surface area contributed by atoms with Crippen LogP contribution in [0.2, 0.25) is 0 Å². The van der Waals surface area contributed by atoms with E-state index in [9.17, 15) is 15.0 Å². The first-order valence-corrected chi connectivity index (χ1v) is 9.34. The van der Waals surface area contributed by atoms with Crippen LogP contribution in [0.3, 0.4) is 0 Å². The molecule has 2 aromatic rings. The fourth-order valence-electron chi connectivity index (χ4n) is 3.91. The number of hydrogen-bond acceptors (Lipinski definition) is 5. The second-order valence-corrected chi connectivity index (χ2v) is 7.05. The molecule has 1 atom stereocenters. The fourth-order valence-corrected chi connectivity index (χ4v) is 3.91. The quantitative estimate of drug-likeness (QED) is 0.765. The summed E-state index contributed by atoms with van der Waals surface area (Å²) in [5.41, 5.74) is 3.61. The first-order chi connectivity index (χ1) is 13.5. The van der Waals surface area contributed by atoms with E-state index in [1.54, 1.807) is 18.2 Å². The summed E-state index contributed by atoms with van der Waals surface area (Å²) in [6.07, 6.45) is 1.47. The van der Waals surface area contributed by atoms with E-state index >= 15 is 0 Å². The molecule has 0 fully saturated rings. The molecule has 1 unspecified atom stereocenters. The fraction of sp³-hybridized carbons (Fsp3) is 0.261. The van der Waals surface area contributed by atoms with E-state index in [2.05, 4.69) is 0 Å². The Bertz CT molecular complexity index is 1020. The minimum atomic E-state index is -0.417. The Morgan fingerprint density at radius 1 is 1.18 bits per heavy atom. The summed E-state index contributed by atoms with van der Waals surface area (Å²) >= 11 is 0. The molecule has 0 aromatic heterocycles. The molecule has 2 aromatic carbocycles. The van der Waals surface area contributed by atoms with Crippen molar-refractivity contribution in [1.29, 1.82) is 0 Å². The Labute approximate surface area is 163 Å². The van der Waals surface area contributed by atoms with Crippen molar-refractivity contribution < 1.29 is 24.5 Å². The molecule has 1 aliphatic heterocycles. The minimum absolute atomic E-state index is 0.0292. The van der Waals surface area contributed by atoms with Crippen molar-refractivity contribution in [3.8, 4) is 5.75 Å². The zero-order valence-corrected chi connectivity index (χ0v) is 15.9. The molecule has 2 N–H and O–H groups in total. The molecule has 28 heavy (non-hydrogen) atoms. The van der Waals surface area contributed by atoms with Gasteiger partial charge in [0.05, 0.1) is 18.6 Å². The predicted molar refractivity (Wildman–Crippen MR) is 104 cm³/mol. The average Bonchev–Trinajstić information content (AvgIpc) is 2.71. The molecule has 4 rings (SSSR count). The number of carbonyl (C=O) groups is 1. The Morgan fingerprint density at radius 2 is 1.96 bits per heavy atom. The lowest BCUT2D eigenvalue weighted by Gasteiger charge is -2.33. The maximum atomic E-state index is 12.7. The van der Waals surface area contributed by atoms with Crippen molar-refractivity contribution in [2.45, 2.75) is 32.1 Å². The third kappa shape index (κ3) is 2.93. The Morgan fingerprint density at radius 3 is 2.68 bits per heavy atom. The van der Waals surface area contributed by atoms with E-state index in [0.717, 1.165) is 17.5 Å². The van der Waals surface area contributed by atoms with Gasteiger partial charge in [-0.2, -0.15) is 0 Å². The van der Waals surface area contributed by atoms with Crippen LogP contribution in [0.1, 0.15) is 46.3 Å². The SMILES string of the molecule is CCc1ccc2c(c1)C(=O)OC1=C(Cc3ccccc3O)C(O)=C(OC)CC12. The number of benzene rings is 2. The summed E-state index contributed by atoms with van der Waals surface area (Å²) in [6.45, 7) is 2.04. The number of hydrogen-bond donors (Lipinski definition) is 2. The van der Waals surface area contributed by atoms with E-state index in [-0.39, 0.29) is 23.8 Å². The zero-order chi connectivity index (χ0) is 19.8. The first-order valence-electron chi connectivity index (χ1n) is 9.34. The van der Waals surface area contributed by atoms with Crippen molar-refractivity contribution >= 4 is 5.97 Å². The van der Waals surface area contributed by atoms with Crippen LogP contribution in [0.15, 0.2) is 65.3 Å². The molecule has 144 valence electrons. The summed E-state index contributed by atoms with van der Waals surface area (Å²) in [7, 11) is 1.52. The van der Waals surface area contributed by atoms with E-state index in [1.165, 1.54) is 7.11 Å². The number of ether oxygens (including phenoxy) is 2. The van der Waals surface area contributed by atoms with Gasteiger partial charge in [0, 0.05) is 18.4 Å². The highest BCUT2D eigenvalue weighted by atomic mass is 16.5. The summed E-state index contributed by atoms with van der Waals surface area (Å²) in [4.78, 5) is 12.7. The second-order valence-electron chi connectivity index (χ2n) is 7.05. The maximum absolute atomic E-state index is 12.7. The van der Waals surface area contributed by atoms with Crippen molar-refractivity contribution in [2.75, 3.05) is 7.11 Å². The van der Waals surface area contributed by atoms with E-state index in [0.29, 0.717) is 34.6 Å². The van der Waals surface area contributed by atoms with Gasteiger partial charge in [-0.05, 0) is 35.2 Å². The first kappa shape index (κ1) is 18.2. The number of fused-ring (bicyclic) bond motifs is 3. The normalized spacial score (nSPS) is 18.5. The Kier molecular flexibility index (Phi) is 4.59. The number of para-hydroxylation sites is 1. The van der Waals surface area contributed by atoms with E-state index in [4.69, 9.17) is 9.47 Å². The van der Waals surface area contributed by atoms with Crippen LogP contribution in [0.5, 0.6) is 5.75 Å². The summed E-state index contributed by atoms with van der Waals surface area (Å²) in [6, 6.07) is 12.8. The van der Waals surface area contributed by atoms with Gasteiger partial charge in [-0.3, -0.25) is 0 Å². The highest BCUT2D eigenvalue weighted by molar-refractivity contribution is 5.94. The molecule has 0 radical (unpaired) electrons. The summed E-state index contributed by atoms with van der Waals surface area (Å²) < 4.78 is 11.1. The zero-order valence-electron chi connectivity index (χ0n) is 15.9. The molecule has 0 saturated heterocycles. The number of rotatable bonds is 4. The van der Waals surface area contributed by atoms with Gasteiger partial charge < -0.3 is 19.7 Å². The van der Waals surface area contributed by atoms with Gasteiger partial charge >= 0.3 is 5.97 Å². The summed E-state index contributed by atoms with van der Waals surface area (Å²) in [5.74, 6) is 0.342. The number of aromatic hydroxyl groups is 1. The van der Waals surface area contributed by atoms with Crippen LogP contribution in [-0.4, -0.2) is 23.3 Å². The number of allylic oxidation sites excluding steroid dienone is 3. The third-order valence-corrected chi connectivity index (χ3v) is 5.48. The van der Waals surface area contributed by atoms with Crippen LogP contribution >= 0.6 is 0 Å². The summed E-state index contributed by atoms with van der Waals surface area (Å²) in [5, 5.41) is 20.9. The molecule has 5 nitrogen and oxygen atoms in total. The minimum Gasteiger partial charge on any atom is -0.508 e. The lowest BCUT2D eigenvalue weighted by Crippen LogP contribution is -2.27. The lowest BCUT2D eigenvalue weighted by molar-refractivity contribution is 0.0559.